The van der Waals surface area contributed by atoms with E-state index in [1.54, 1.807) is 0 Å². The molecular formula is C13H19BrS. The molecule has 84 valence electrons. The molecule has 0 saturated heterocycles. The van der Waals surface area contributed by atoms with Crippen molar-refractivity contribution in [3.8, 4) is 0 Å². The predicted octanol–water partition coefficient (Wildman–Crippen LogP) is 4.96. The van der Waals surface area contributed by atoms with Crippen LogP contribution in [0.5, 0.6) is 0 Å². The van der Waals surface area contributed by atoms with Crippen LogP contribution in [-0.4, -0.2) is 11.1 Å². The Labute approximate surface area is 106 Å². The van der Waals surface area contributed by atoms with Crippen molar-refractivity contribution < 1.29 is 0 Å². The van der Waals surface area contributed by atoms with Crippen molar-refractivity contribution in [3.05, 3.63) is 29.3 Å². The maximum Gasteiger partial charge on any atom is 0.00747 e. The smallest absolute Gasteiger partial charge is 0.00747 e. The fourth-order valence-corrected chi connectivity index (χ4v) is 2.77. The van der Waals surface area contributed by atoms with E-state index in [4.69, 9.17) is 0 Å². The molecule has 0 aliphatic rings. The molecule has 0 heterocycles. The Morgan fingerprint density at radius 1 is 1.07 bits per heavy atom. The highest BCUT2D eigenvalue weighted by Gasteiger charge is 1.97. The number of unbranched alkanes of at least 4 members (excludes halogenated alkanes) is 2. The first kappa shape index (κ1) is 13.1. The summed E-state index contributed by atoms with van der Waals surface area (Å²) in [6, 6.07) is 6.75. The molecule has 0 nitrogen and oxygen atoms in total. The Bertz CT molecular complexity index is 297. The van der Waals surface area contributed by atoms with Gasteiger partial charge in [-0.3, -0.25) is 0 Å². The van der Waals surface area contributed by atoms with Gasteiger partial charge in [0.2, 0.25) is 0 Å². The third-order valence-corrected chi connectivity index (χ3v) is 4.17. The molecule has 0 atom stereocenters. The maximum absolute atomic E-state index is 3.46. The van der Waals surface area contributed by atoms with Gasteiger partial charge < -0.3 is 0 Å². The quantitative estimate of drug-likeness (QED) is 0.405. The lowest BCUT2D eigenvalue weighted by Gasteiger charge is -2.04. The summed E-state index contributed by atoms with van der Waals surface area (Å²) in [6.07, 6.45) is 3.96. The molecule has 1 rings (SSSR count). The third kappa shape index (κ3) is 5.07. The number of alkyl halides is 1. The fourth-order valence-electron chi connectivity index (χ4n) is 1.37. The average Bonchev–Trinajstić information content (AvgIpc) is 2.23. The molecule has 0 aliphatic carbocycles. The van der Waals surface area contributed by atoms with Gasteiger partial charge in [-0.05, 0) is 55.7 Å². The zero-order chi connectivity index (χ0) is 11.1. The van der Waals surface area contributed by atoms with Crippen molar-refractivity contribution in [3.63, 3.8) is 0 Å². The minimum atomic E-state index is 1.14. The second kappa shape index (κ2) is 7.34. The first-order valence-electron chi connectivity index (χ1n) is 5.50. The average molecular weight is 287 g/mol. The first-order valence-corrected chi connectivity index (χ1v) is 7.61. The monoisotopic (exact) mass is 286 g/mol. The van der Waals surface area contributed by atoms with Gasteiger partial charge >= 0.3 is 0 Å². The van der Waals surface area contributed by atoms with E-state index in [-0.39, 0.29) is 0 Å². The van der Waals surface area contributed by atoms with Gasteiger partial charge in [0.25, 0.3) is 0 Å². The van der Waals surface area contributed by atoms with E-state index in [0.29, 0.717) is 0 Å². The SMILES string of the molecule is Cc1ccc(SCCCCCBr)cc1C. The van der Waals surface area contributed by atoms with Crippen LogP contribution in [0.3, 0.4) is 0 Å². The van der Waals surface area contributed by atoms with Crippen LogP contribution in [0.15, 0.2) is 23.1 Å². The van der Waals surface area contributed by atoms with Gasteiger partial charge in [-0.25, -0.2) is 0 Å². The molecule has 0 fully saturated rings. The van der Waals surface area contributed by atoms with Gasteiger partial charge in [-0.15, -0.1) is 11.8 Å². The van der Waals surface area contributed by atoms with Crippen LogP contribution in [0.4, 0.5) is 0 Å². The van der Waals surface area contributed by atoms with Crippen LogP contribution in [0.25, 0.3) is 0 Å². The molecule has 0 amide bonds. The van der Waals surface area contributed by atoms with Gasteiger partial charge in [-0.2, -0.15) is 0 Å². The normalized spacial score (nSPS) is 10.6. The number of thioether (sulfide) groups is 1. The van der Waals surface area contributed by atoms with Gasteiger partial charge in [0, 0.05) is 10.2 Å². The number of rotatable bonds is 6. The van der Waals surface area contributed by atoms with Crippen molar-refractivity contribution in [1.29, 1.82) is 0 Å². The number of aryl methyl sites for hydroxylation is 2. The van der Waals surface area contributed by atoms with Crippen LogP contribution >= 0.6 is 27.7 Å². The van der Waals surface area contributed by atoms with Crippen molar-refractivity contribution in [2.75, 3.05) is 11.1 Å². The summed E-state index contributed by atoms with van der Waals surface area (Å²) in [4.78, 5) is 1.41. The van der Waals surface area contributed by atoms with E-state index < -0.39 is 0 Å². The molecule has 0 radical (unpaired) electrons. The molecule has 2 heteroatoms. The minimum absolute atomic E-state index is 1.14. The van der Waals surface area contributed by atoms with Gasteiger partial charge in [-0.1, -0.05) is 28.4 Å². The summed E-state index contributed by atoms with van der Waals surface area (Å²) >= 11 is 5.44. The molecular weight excluding hydrogens is 268 g/mol. The molecule has 0 aliphatic heterocycles. The van der Waals surface area contributed by atoms with Crippen molar-refractivity contribution >= 4 is 27.7 Å². The molecule has 15 heavy (non-hydrogen) atoms. The van der Waals surface area contributed by atoms with Gasteiger partial charge in [0.1, 0.15) is 0 Å². The Morgan fingerprint density at radius 2 is 1.87 bits per heavy atom. The van der Waals surface area contributed by atoms with Crippen LogP contribution in [0, 0.1) is 13.8 Å². The first-order chi connectivity index (χ1) is 7.24. The highest BCUT2D eigenvalue weighted by molar-refractivity contribution is 9.09. The Kier molecular flexibility index (Phi) is 6.42. The number of benzene rings is 1. The van der Waals surface area contributed by atoms with E-state index in [9.17, 15) is 0 Å². The van der Waals surface area contributed by atoms with Gasteiger partial charge in [0.15, 0.2) is 0 Å². The molecule has 0 N–H and O–H groups in total. The summed E-state index contributed by atoms with van der Waals surface area (Å²) < 4.78 is 0. The number of hydrogen-bond acceptors (Lipinski definition) is 1. The third-order valence-electron chi connectivity index (χ3n) is 2.53. The van der Waals surface area contributed by atoms with Crippen LogP contribution < -0.4 is 0 Å². The lowest BCUT2D eigenvalue weighted by Crippen LogP contribution is -1.84. The summed E-state index contributed by atoms with van der Waals surface area (Å²) in [5, 5.41) is 1.14. The fraction of sp³-hybridized carbons (Fsp3) is 0.538. The second-order valence-electron chi connectivity index (χ2n) is 3.84. The maximum atomic E-state index is 3.46. The van der Waals surface area contributed by atoms with E-state index in [2.05, 4.69) is 48.0 Å². The zero-order valence-electron chi connectivity index (χ0n) is 9.55. The predicted molar refractivity (Wildman–Crippen MR) is 74.3 cm³/mol. The summed E-state index contributed by atoms with van der Waals surface area (Å²) in [5.41, 5.74) is 2.79. The highest BCUT2D eigenvalue weighted by atomic mass is 79.9. The minimum Gasteiger partial charge on any atom is -0.126 e. The van der Waals surface area contributed by atoms with Gasteiger partial charge in [0.05, 0.1) is 0 Å². The molecule has 1 aromatic carbocycles. The molecule has 0 spiro atoms. The number of hydrogen-bond donors (Lipinski definition) is 0. The zero-order valence-corrected chi connectivity index (χ0v) is 12.0. The largest absolute Gasteiger partial charge is 0.126 e. The lowest BCUT2D eigenvalue weighted by molar-refractivity contribution is 0.788. The Hall–Kier alpha value is 0.0500. The highest BCUT2D eigenvalue weighted by Crippen LogP contribution is 2.22. The Morgan fingerprint density at radius 3 is 2.53 bits per heavy atom. The van der Waals surface area contributed by atoms with Crippen LogP contribution in [-0.2, 0) is 0 Å². The van der Waals surface area contributed by atoms with E-state index in [1.807, 2.05) is 11.8 Å². The Balaban J connectivity index is 2.28. The van der Waals surface area contributed by atoms with Crippen LogP contribution in [0.2, 0.25) is 0 Å². The van der Waals surface area contributed by atoms with Crippen molar-refractivity contribution in [1.82, 2.24) is 0 Å². The van der Waals surface area contributed by atoms with Crippen LogP contribution in [0.1, 0.15) is 30.4 Å². The molecule has 1 aromatic rings. The van der Waals surface area contributed by atoms with E-state index in [0.717, 1.165) is 5.33 Å². The standard InChI is InChI=1S/C13H19BrS/c1-11-6-7-13(10-12(11)2)15-9-5-3-4-8-14/h6-7,10H,3-5,8-9H2,1-2H3. The summed E-state index contributed by atoms with van der Waals surface area (Å²) in [6.45, 7) is 4.35. The molecule has 0 bridgehead atoms. The second-order valence-corrected chi connectivity index (χ2v) is 5.81. The summed E-state index contributed by atoms with van der Waals surface area (Å²) in [7, 11) is 0. The summed E-state index contributed by atoms with van der Waals surface area (Å²) in [5.74, 6) is 1.25. The molecule has 0 saturated carbocycles. The van der Waals surface area contributed by atoms with E-state index >= 15 is 0 Å². The van der Waals surface area contributed by atoms with Crippen molar-refractivity contribution in [2.24, 2.45) is 0 Å². The number of halogens is 1. The molecule has 0 unspecified atom stereocenters. The lowest BCUT2D eigenvalue weighted by atomic mass is 10.1. The topological polar surface area (TPSA) is 0 Å². The van der Waals surface area contributed by atoms with Crippen molar-refractivity contribution in [2.45, 2.75) is 38.0 Å². The van der Waals surface area contributed by atoms with E-state index in [1.165, 1.54) is 41.0 Å². The molecule has 0 aromatic heterocycles.